The number of imidazole rings is 1. The number of fused-ring (bicyclic) bond motifs is 1. The quantitative estimate of drug-likeness (QED) is 0.670. The monoisotopic (exact) mass is 224 g/mol. The first-order valence-electron chi connectivity index (χ1n) is 4.83. The van der Waals surface area contributed by atoms with E-state index in [1.165, 1.54) is 22.5 Å². The minimum absolute atomic E-state index is 0.262. The molecule has 0 saturated heterocycles. The fourth-order valence-electron chi connectivity index (χ4n) is 1.61. The van der Waals surface area contributed by atoms with E-state index in [2.05, 4.69) is 9.97 Å². The van der Waals surface area contributed by atoms with Crippen molar-refractivity contribution >= 4 is 11.2 Å². The molecule has 16 heavy (non-hydrogen) atoms. The van der Waals surface area contributed by atoms with E-state index in [0.29, 0.717) is 11.2 Å². The summed E-state index contributed by atoms with van der Waals surface area (Å²) in [6.07, 6.45) is 0.848. The van der Waals surface area contributed by atoms with Crippen molar-refractivity contribution in [1.29, 1.82) is 0 Å². The highest BCUT2D eigenvalue weighted by atomic mass is 16.3. The Morgan fingerprint density at radius 1 is 1.56 bits per heavy atom. The fraction of sp³-hybridized carbons (Fsp3) is 0.444. The number of nitrogens with zero attached hydrogens (tertiary/aromatic N) is 3. The second-order valence-corrected chi connectivity index (χ2v) is 3.74. The van der Waals surface area contributed by atoms with Crippen molar-refractivity contribution in [2.24, 2.45) is 7.05 Å². The number of aliphatic hydroxyl groups excluding tert-OH is 1. The summed E-state index contributed by atoms with van der Waals surface area (Å²) in [5.74, 6) is 0. The van der Waals surface area contributed by atoms with Crippen LogP contribution in [0.15, 0.2) is 15.9 Å². The van der Waals surface area contributed by atoms with E-state index < -0.39 is 17.4 Å². The third-order valence-corrected chi connectivity index (χ3v) is 2.34. The van der Waals surface area contributed by atoms with E-state index in [0.717, 1.165) is 0 Å². The molecular formula is C9H12N4O3. The lowest BCUT2D eigenvalue weighted by Crippen LogP contribution is -2.29. The molecule has 0 fully saturated rings. The maximum Gasteiger partial charge on any atom is 0.329 e. The molecule has 0 radical (unpaired) electrons. The Hall–Kier alpha value is -1.89. The van der Waals surface area contributed by atoms with Gasteiger partial charge in [-0.15, -0.1) is 0 Å². The molecule has 1 atom stereocenters. The minimum atomic E-state index is -0.589. The zero-order valence-electron chi connectivity index (χ0n) is 8.97. The van der Waals surface area contributed by atoms with Crippen LogP contribution in [0.25, 0.3) is 11.2 Å². The van der Waals surface area contributed by atoms with Crippen molar-refractivity contribution in [2.75, 3.05) is 0 Å². The lowest BCUT2D eigenvalue weighted by atomic mass is 10.4. The average Bonchev–Trinajstić information content (AvgIpc) is 2.58. The van der Waals surface area contributed by atoms with Gasteiger partial charge in [0.2, 0.25) is 0 Å². The summed E-state index contributed by atoms with van der Waals surface area (Å²) >= 11 is 0. The summed E-state index contributed by atoms with van der Waals surface area (Å²) in [5, 5.41) is 9.27. The van der Waals surface area contributed by atoms with E-state index in [4.69, 9.17) is 0 Å². The molecule has 0 saturated carbocycles. The van der Waals surface area contributed by atoms with E-state index in [1.54, 1.807) is 6.92 Å². The molecule has 2 rings (SSSR count). The van der Waals surface area contributed by atoms with Crippen LogP contribution in [0.1, 0.15) is 6.92 Å². The molecule has 7 nitrogen and oxygen atoms in total. The van der Waals surface area contributed by atoms with Crippen molar-refractivity contribution in [1.82, 2.24) is 19.1 Å². The maximum absolute atomic E-state index is 11.6. The van der Waals surface area contributed by atoms with Gasteiger partial charge in [-0.2, -0.15) is 0 Å². The first kappa shape index (κ1) is 10.6. The maximum atomic E-state index is 11.6. The zero-order chi connectivity index (χ0) is 11.9. The Balaban J connectivity index is 2.78. The minimum Gasteiger partial charge on any atom is -0.392 e. The number of H-pyrrole nitrogens is 1. The van der Waals surface area contributed by atoms with Crippen LogP contribution < -0.4 is 11.2 Å². The first-order valence-corrected chi connectivity index (χ1v) is 4.83. The van der Waals surface area contributed by atoms with Gasteiger partial charge in [-0.05, 0) is 6.92 Å². The van der Waals surface area contributed by atoms with Gasteiger partial charge in [-0.3, -0.25) is 14.3 Å². The highest BCUT2D eigenvalue weighted by Crippen LogP contribution is 2.05. The van der Waals surface area contributed by atoms with Crippen molar-refractivity contribution in [2.45, 2.75) is 19.6 Å². The van der Waals surface area contributed by atoms with E-state index in [9.17, 15) is 14.7 Å². The number of rotatable bonds is 2. The Bertz CT molecular complexity index is 634. The number of aromatic amines is 1. The van der Waals surface area contributed by atoms with Crippen LogP contribution in [0.2, 0.25) is 0 Å². The van der Waals surface area contributed by atoms with Gasteiger partial charge in [0, 0.05) is 7.05 Å². The lowest BCUT2D eigenvalue weighted by Gasteiger charge is -2.05. The third-order valence-electron chi connectivity index (χ3n) is 2.34. The molecule has 86 valence electrons. The van der Waals surface area contributed by atoms with E-state index >= 15 is 0 Å². The summed E-state index contributed by atoms with van der Waals surface area (Å²) in [6, 6.07) is 0. The van der Waals surface area contributed by atoms with Crippen LogP contribution in [0, 0.1) is 0 Å². The largest absolute Gasteiger partial charge is 0.392 e. The predicted molar refractivity (Wildman–Crippen MR) is 57.3 cm³/mol. The van der Waals surface area contributed by atoms with Crippen molar-refractivity contribution < 1.29 is 5.11 Å². The number of aryl methyl sites for hydroxylation is 1. The standard InChI is InChI=1S/C9H12N4O3/c1-5(14)3-13-4-10-7-6(13)8(15)11-9(16)12(7)2/h4-5,14H,3H2,1-2H3,(H,11,15,16)/t5-/m1/s1. The Morgan fingerprint density at radius 2 is 2.25 bits per heavy atom. The second-order valence-electron chi connectivity index (χ2n) is 3.74. The van der Waals surface area contributed by atoms with Crippen molar-refractivity contribution in [3.63, 3.8) is 0 Å². The molecule has 2 N–H and O–H groups in total. The van der Waals surface area contributed by atoms with Gasteiger partial charge >= 0.3 is 5.69 Å². The molecule has 2 heterocycles. The van der Waals surface area contributed by atoms with Gasteiger partial charge in [0.25, 0.3) is 5.56 Å². The molecule has 2 aromatic heterocycles. The highest BCUT2D eigenvalue weighted by molar-refractivity contribution is 5.69. The molecule has 0 unspecified atom stereocenters. The molecule has 0 aromatic carbocycles. The number of aromatic nitrogens is 4. The molecule has 7 heteroatoms. The summed E-state index contributed by atoms with van der Waals surface area (Å²) in [4.78, 5) is 29.1. The lowest BCUT2D eigenvalue weighted by molar-refractivity contribution is 0.175. The molecule has 0 aliphatic carbocycles. The molecule has 0 aliphatic heterocycles. The number of hydrogen-bond donors (Lipinski definition) is 2. The summed E-state index contributed by atoms with van der Waals surface area (Å²) in [7, 11) is 1.53. The normalized spacial score (nSPS) is 13.2. The van der Waals surface area contributed by atoms with Gasteiger partial charge < -0.3 is 9.67 Å². The number of aliphatic hydroxyl groups is 1. The average molecular weight is 224 g/mol. The molecule has 2 aromatic rings. The third kappa shape index (κ3) is 1.54. The smallest absolute Gasteiger partial charge is 0.329 e. The van der Waals surface area contributed by atoms with Gasteiger partial charge in [-0.25, -0.2) is 9.78 Å². The van der Waals surface area contributed by atoms with Crippen LogP contribution in [0.4, 0.5) is 0 Å². The predicted octanol–water partition coefficient (Wildman–Crippen LogP) is -1.20. The Morgan fingerprint density at radius 3 is 2.88 bits per heavy atom. The fourth-order valence-corrected chi connectivity index (χ4v) is 1.61. The topological polar surface area (TPSA) is 92.9 Å². The van der Waals surface area contributed by atoms with Crippen molar-refractivity contribution in [3.05, 3.63) is 27.2 Å². The first-order chi connectivity index (χ1) is 7.50. The van der Waals surface area contributed by atoms with Gasteiger partial charge in [0.05, 0.1) is 19.0 Å². The second kappa shape index (κ2) is 3.60. The molecular weight excluding hydrogens is 212 g/mol. The Labute approximate surface area is 90.0 Å². The van der Waals surface area contributed by atoms with Gasteiger partial charge in [0.1, 0.15) is 0 Å². The summed E-state index contributed by atoms with van der Waals surface area (Å²) in [6.45, 7) is 1.87. The van der Waals surface area contributed by atoms with Gasteiger partial charge in [0.15, 0.2) is 11.2 Å². The van der Waals surface area contributed by atoms with Crippen LogP contribution in [-0.2, 0) is 13.6 Å². The summed E-state index contributed by atoms with van der Waals surface area (Å²) in [5.41, 5.74) is -0.381. The van der Waals surface area contributed by atoms with Crippen LogP contribution in [0.5, 0.6) is 0 Å². The molecule has 0 amide bonds. The molecule has 0 spiro atoms. The SMILES string of the molecule is C[C@@H](O)Cn1cnc2c1c(=O)[nH]c(=O)n2C. The zero-order valence-corrected chi connectivity index (χ0v) is 8.97. The van der Waals surface area contributed by atoms with Crippen molar-refractivity contribution in [3.8, 4) is 0 Å². The van der Waals surface area contributed by atoms with Crippen LogP contribution in [-0.4, -0.2) is 30.3 Å². The molecule has 0 aliphatic rings. The van der Waals surface area contributed by atoms with Crippen LogP contribution >= 0.6 is 0 Å². The highest BCUT2D eigenvalue weighted by Gasteiger charge is 2.12. The molecule has 0 bridgehead atoms. The number of hydrogen-bond acceptors (Lipinski definition) is 4. The van der Waals surface area contributed by atoms with E-state index in [-0.39, 0.29) is 6.54 Å². The van der Waals surface area contributed by atoms with Gasteiger partial charge in [-0.1, -0.05) is 0 Å². The number of nitrogens with one attached hydrogen (secondary N) is 1. The van der Waals surface area contributed by atoms with Crippen LogP contribution in [0.3, 0.4) is 0 Å². The summed E-state index contributed by atoms with van der Waals surface area (Å²) < 4.78 is 2.79. The Kier molecular flexibility index (Phi) is 2.39. The van der Waals surface area contributed by atoms with E-state index in [1.807, 2.05) is 0 Å².